The van der Waals surface area contributed by atoms with Crippen molar-refractivity contribution in [3.8, 4) is 17.1 Å². The number of carbonyl (C=O) groups excluding carboxylic acids is 3. The second kappa shape index (κ2) is 35.8. The molecule has 108 heavy (non-hydrogen) atoms. The minimum absolute atomic E-state index is 0.0931. The van der Waals surface area contributed by atoms with Crippen molar-refractivity contribution in [1.82, 2.24) is 45.3 Å². The molecule has 10 aromatic rings. The molecule has 0 spiro atoms. The topological polar surface area (TPSA) is 141 Å². The molecule has 3 N–H and O–H groups in total. The van der Waals surface area contributed by atoms with Crippen LogP contribution in [0.3, 0.4) is 0 Å². The summed E-state index contributed by atoms with van der Waals surface area (Å²) in [6.45, 7) is 6.20. The Hall–Kier alpha value is -7.95. The van der Waals surface area contributed by atoms with Gasteiger partial charge in [-0.1, -0.05) is 198 Å². The Kier molecular flexibility index (Phi) is 25.9. The van der Waals surface area contributed by atoms with E-state index in [1.807, 2.05) is 115 Å². The molecule has 558 valence electrons. The zero-order valence-electron chi connectivity index (χ0n) is 60.4. The van der Waals surface area contributed by atoms with E-state index in [4.69, 9.17) is 108 Å². The van der Waals surface area contributed by atoms with E-state index in [0.29, 0.717) is 86.2 Å². The molecule has 12 nitrogen and oxygen atoms in total. The van der Waals surface area contributed by atoms with Crippen molar-refractivity contribution < 1.29 is 18.8 Å². The molecule has 5 aliphatic rings. The quantitative estimate of drug-likeness (QED) is 0.0934. The summed E-state index contributed by atoms with van der Waals surface area (Å²) in [6.07, 6.45) is 26.1. The monoisotopic (exact) mass is 1600 g/mol. The zero-order valence-corrected chi connectivity index (χ0v) is 66.4. The lowest BCUT2D eigenvalue weighted by Crippen LogP contribution is -2.39. The van der Waals surface area contributed by atoms with Crippen LogP contribution in [0.2, 0.25) is 40.2 Å². The highest BCUT2D eigenvalue weighted by Crippen LogP contribution is 2.43. The fourth-order valence-electron chi connectivity index (χ4n) is 15.6. The molecule has 7 aromatic carbocycles. The van der Waals surface area contributed by atoms with Crippen LogP contribution in [0.25, 0.3) is 52.0 Å². The summed E-state index contributed by atoms with van der Waals surface area (Å²) in [7, 11) is 0. The number of hydrogen-bond acceptors (Lipinski definition) is 6. The van der Waals surface area contributed by atoms with Crippen molar-refractivity contribution in [1.29, 1.82) is 0 Å². The largest absolute Gasteiger partial charge is 0.348 e. The number of rotatable bonds is 15. The molecule has 0 bridgehead atoms. The highest BCUT2D eigenvalue weighted by atomic mass is 35.5. The molecule has 2 saturated carbocycles. The molecular formula is C87H84Cl8FN9O3. The van der Waals surface area contributed by atoms with Crippen LogP contribution in [0.5, 0.6) is 0 Å². The first-order valence-electron chi connectivity index (χ1n) is 37.3. The molecule has 0 unspecified atom stereocenters. The van der Waals surface area contributed by atoms with E-state index >= 15 is 0 Å². The summed E-state index contributed by atoms with van der Waals surface area (Å²) in [6, 6.07) is 47.8. The lowest BCUT2D eigenvalue weighted by atomic mass is 9.84. The van der Waals surface area contributed by atoms with Gasteiger partial charge in [0.1, 0.15) is 5.82 Å². The maximum Gasteiger partial charge on any atom is 0.272 e. The molecule has 0 saturated heterocycles. The molecular weight excluding hydrogens is 1520 g/mol. The van der Waals surface area contributed by atoms with Crippen molar-refractivity contribution in [2.45, 2.75) is 161 Å². The van der Waals surface area contributed by atoms with E-state index in [2.05, 4.69) is 41.9 Å². The van der Waals surface area contributed by atoms with E-state index in [9.17, 15) is 18.8 Å². The third-order valence-corrected chi connectivity index (χ3v) is 23.4. The Bertz CT molecular complexity index is 4820. The lowest BCUT2D eigenvalue weighted by molar-refractivity contribution is 0.0904. The van der Waals surface area contributed by atoms with Crippen LogP contribution in [0.4, 0.5) is 4.39 Å². The Balaban J connectivity index is 0.000000143. The number of hydrogen-bond donors (Lipinski definition) is 3. The van der Waals surface area contributed by atoms with Gasteiger partial charge in [-0.3, -0.25) is 14.4 Å². The van der Waals surface area contributed by atoms with Gasteiger partial charge < -0.3 is 16.0 Å². The smallest absolute Gasteiger partial charge is 0.272 e. The molecule has 0 radical (unpaired) electrons. The minimum Gasteiger partial charge on any atom is -0.348 e. The summed E-state index contributed by atoms with van der Waals surface area (Å²) in [5.74, 6) is 0.286. The van der Waals surface area contributed by atoms with Crippen LogP contribution in [0.15, 0.2) is 158 Å². The van der Waals surface area contributed by atoms with Gasteiger partial charge in [-0.15, -0.1) is 0 Å². The Morgan fingerprint density at radius 2 is 0.704 bits per heavy atom. The van der Waals surface area contributed by atoms with Gasteiger partial charge in [0.25, 0.3) is 17.7 Å². The molecule has 15 rings (SSSR count). The molecule has 2 fully saturated rings. The highest BCUT2D eigenvalue weighted by Gasteiger charge is 2.35. The molecule has 21 heteroatoms. The van der Waals surface area contributed by atoms with Gasteiger partial charge in [0, 0.05) is 53.9 Å². The van der Waals surface area contributed by atoms with E-state index < -0.39 is 0 Å². The molecule has 0 aliphatic heterocycles. The SMILES string of the molecule is C[C@@H](NC(=O)c1nn(-c2ccc(Cl)cc2Cl)c2c1CCC/C2=C\c1ccc(Cl)cc1)C1CCCCC1.C[C@@H](NC(=O)c1nn(-c2ccc(Cl)cc2Cl)c2c1CCC/C2=C\c1ccc(F)cc1)C1CCCCC1.C[C@H](NC(=O)c1nn(-c2ccc(Cl)cc2Cl)c2c1CCC/C2=C\c1ccc(Cl)cc1)c1ccccc1. The Labute approximate surface area is 671 Å². The number of nitrogens with zero attached hydrogens (tertiary/aromatic N) is 6. The average Bonchev–Trinajstić information content (AvgIpc) is 1.60. The number of allylic oxidation sites excluding steroid dienone is 3. The van der Waals surface area contributed by atoms with Gasteiger partial charge in [-0.05, 0) is 264 Å². The fraction of sp³-hybridized carbons (Fsp3) is 0.310. The van der Waals surface area contributed by atoms with Crippen LogP contribution >= 0.6 is 92.8 Å². The summed E-state index contributed by atoms with van der Waals surface area (Å²) in [5, 5.41) is 28.6. The first kappa shape index (κ1) is 78.2. The van der Waals surface area contributed by atoms with Crippen molar-refractivity contribution in [3.63, 3.8) is 0 Å². The summed E-state index contributed by atoms with van der Waals surface area (Å²) in [5.41, 5.74) is 16.2. The third-order valence-electron chi connectivity index (χ3n) is 21.3. The number of amides is 3. The normalized spacial score (nSPS) is 17.1. The van der Waals surface area contributed by atoms with Crippen molar-refractivity contribution in [2.75, 3.05) is 0 Å². The van der Waals surface area contributed by atoms with Gasteiger partial charge in [0.2, 0.25) is 0 Å². The number of nitrogens with one attached hydrogen (secondary N) is 3. The maximum atomic E-state index is 13.6. The van der Waals surface area contributed by atoms with E-state index in [-0.39, 0.29) is 41.7 Å². The zero-order chi connectivity index (χ0) is 75.7. The molecule has 3 aromatic heterocycles. The standard InChI is InChI=1S/C29H30Cl3N3O.C29H24Cl3N3O.C29H30Cl2FN3O/c2*1-18(20-6-3-2-4-7-20)33-29(36)27-24-9-5-8-21(16-19-10-12-22(30)13-11-19)28(24)35(34-27)26-15-14-23(31)17-25(26)32;1-18(20-6-3-2-4-7-20)33-29(36)27-24-9-5-8-21(16-19-10-13-23(32)14-11-19)28(24)35(34-27)26-15-12-22(30)17-25(26)31/h10-18,20H,2-9H2,1H3,(H,33,36);2-4,6-7,10-18H,5,8-9H2,1H3,(H,33,36);10-18,20H,2-9H2,1H3,(H,33,36)/b3*21-16+/t3*18-/m101/s1. The van der Waals surface area contributed by atoms with Crippen LogP contribution in [0.1, 0.15) is 217 Å². The first-order chi connectivity index (χ1) is 52.2. The first-order valence-corrected chi connectivity index (χ1v) is 40.3. The lowest BCUT2D eigenvalue weighted by Gasteiger charge is -2.28. The summed E-state index contributed by atoms with van der Waals surface area (Å²) < 4.78 is 18.9. The van der Waals surface area contributed by atoms with E-state index in [0.717, 1.165) is 143 Å². The number of halogens is 9. The molecule has 3 amide bonds. The number of fused-ring (bicyclic) bond motifs is 3. The third kappa shape index (κ3) is 18.6. The Morgan fingerprint density at radius 3 is 1.04 bits per heavy atom. The van der Waals surface area contributed by atoms with Gasteiger partial charge in [-0.2, -0.15) is 15.3 Å². The van der Waals surface area contributed by atoms with E-state index in [1.54, 1.807) is 57.9 Å². The number of aromatic nitrogens is 6. The predicted octanol–water partition coefficient (Wildman–Crippen LogP) is 24.5. The van der Waals surface area contributed by atoms with Crippen molar-refractivity contribution >= 4 is 145 Å². The fourth-order valence-corrected chi connectivity index (χ4v) is 17.4. The molecule has 3 heterocycles. The van der Waals surface area contributed by atoms with Gasteiger partial charge in [-0.25, -0.2) is 18.4 Å². The second-order valence-corrected chi connectivity index (χ2v) is 32.1. The molecule has 3 atom stereocenters. The number of benzene rings is 7. The van der Waals surface area contributed by atoms with Crippen LogP contribution in [-0.4, -0.2) is 59.1 Å². The van der Waals surface area contributed by atoms with Crippen molar-refractivity contribution in [3.05, 3.63) is 277 Å². The average molecular weight is 1610 g/mol. The van der Waals surface area contributed by atoms with Gasteiger partial charge >= 0.3 is 0 Å². The number of carbonyl (C=O) groups is 3. The van der Waals surface area contributed by atoms with Crippen molar-refractivity contribution in [2.24, 2.45) is 11.8 Å². The van der Waals surface area contributed by atoms with Gasteiger partial charge in [0.15, 0.2) is 17.1 Å². The predicted molar refractivity (Wildman–Crippen MR) is 442 cm³/mol. The minimum atomic E-state index is -0.273. The summed E-state index contributed by atoms with van der Waals surface area (Å²) in [4.78, 5) is 40.6. The van der Waals surface area contributed by atoms with Crippen LogP contribution < -0.4 is 16.0 Å². The van der Waals surface area contributed by atoms with E-state index in [1.165, 1.54) is 63.5 Å². The second-order valence-electron chi connectivity index (χ2n) is 28.7. The van der Waals surface area contributed by atoms with Gasteiger partial charge in [0.05, 0.1) is 55.3 Å². The highest BCUT2D eigenvalue weighted by molar-refractivity contribution is 6.37. The maximum absolute atomic E-state index is 13.6. The van der Waals surface area contributed by atoms with Crippen LogP contribution in [0, 0.1) is 17.7 Å². The molecule has 5 aliphatic carbocycles. The summed E-state index contributed by atoms with van der Waals surface area (Å²) >= 11 is 50.5. The van der Waals surface area contributed by atoms with Crippen LogP contribution in [-0.2, 0) is 19.3 Å². The Morgan fingerprint density at radius 1 is 0.389 bits per heavy atom.